The Kier molecular flexibility index (Phi) is 3.73. The number of alkyl halides is 3. The summed E-state index contributed by atoms with van der Waals surface area (Å²) in [4.78, 5) is -0.213. The summed E-state index contributed by atoms with van der Waals surface area (Å²) in [6, 6.07) is 4.79. The van der Waals surface area contributed by atoms with E-state index < -0.39 is 16.8 Å². The average molecular weight is 265 g/mol. The normalized spacial score (nSPS) is 10.7. The fourth-order valence-corrected chi connectivity index (χ4v) is 1.32. The van der Waals surface area contributed by atoms with Crippen LogP contribution in [-0.4, -0.2) is 4.99 Å². The number of hydrogen-bond acceptors (Lipinski definition) is 2. The van der Waals surface area contributed by atoms with Crippen LogP contribution in [0.15, 0.2) is 18.2 Å². The second-order valence-corrected chi connectivity index (χ2v) is 3.57. The van der Waals surface area contributed by atoms with Gasteiger partial charge in [-0.05, 0) is 30.4 Å². The first-order valence-electron chi connectivity index (χ1n) is 3.92. The van der Waals surface area contributed by atoms with Gasteiger partial charge in [-0.25, -0.2) is 0 Å². The summed E-state index contributed by atoms with van der Waals surface area (Å²) in [6.07, 6.45) is -4.54. The molecule has 1 N–H and O–H groups in total. The van der Waals surface area contributed by atoms with E-state index in [0.29, 0.717) is 0 Å². The fraction of sp³-hybridized carbons (Fsp3) is 0.111. The van der Waals surface area contributed by atoms with Gasteiger partial charge >= 0.3 is 6.18 Å². The predicted molar refractivity (Wildman–Crippen MR) is 58.3 cm³/mol. The number of halogens is 4. The zero-order valence-corrected chi connectivity index (χ0v) is 9.17. The van der Waals surface area contributed by atoms with Crippen LogP contribution in [0.5, 0.6) is 0 Å². The molecule has 0 bridgehead atoms. The Hall–Kier alpha value is -1.32. The van der Waals surface area contributed by atoms with Gasteiger partial charge in [0.25, 0.3) is 0 Å². The van der Waals surface area contributed by atoms with Gasteiger partial charge in [0.2, 0.25) is 0 Å². The number of nitrogens with one attached hydrogen (secondary N) is 1. The molecule has 0 spiro atoms. The van der Waals surface area contributed by atoms with Gasteiger partial charge < -0.3 is 5.32 Å². The van der Waals surface area contributed by atoms with Crippen molar-refractivity contribution in [3.8, 4) is 6.07 Å². The summed E-state index contributed by atoms with van der Waals surface area (Å²) in [5, 5.41) is 10.3. The predicted octanol–water partition coefficient (Wildman–Crippen LogP) is 3.62. The molecule has 1 rings (SSSR count). The van der Waals surface area contributed by atoms with Crippen LogP contribution in [0.25, 0.3) is 0 Å². The maximum Gasteiger partial charge on any atom is 0.417 e. The van der Waals surface area contributed by atoms with Crippen LogP contribution in [0.1, 0.15) is 5.56 Å². The quantitative estimate of drug-likeness (QED) is 0.787. The van der Waals surface area contributed by atoms with Gasteiger partial charge in [0, 0.05) is 5.69 Å². The first-order valence-corrected chi connectivity index (χ1v) is 4.71. The van der Waals surface area contributed by atoms with E-state index in [-0.39, 0.29) is 10.7 Å². The molecule has 0 aliphatic heterocycles. The lowest BCUT2D eigenvalue weighted by atomic mass is 10.2. The molecule has 7 heteroatoms. The molecule has 0 aromatic heterocycles. The minimum atomic E-state index is -4.54. The molecule has 1 aromatic carbocycles. The Bertz CT molecular complexity index is 465. The van der Waals surface area contributed by atoms with Crippen molar-refractivity contribution in [2.45, 2.75) is 6.18 Å². The lowest BCUT2D eigenvalue weighted by Gasteiger charge is -2.11. The third-order valence-electron chi connectivity index (χ3n) is 1.63. The second kappa shape index (κ2) is 4.68. The maximum atomic E-state index is 12.4. The van der Waals surface area contributed by atoms with E-state index in [0.717, 1.165) is 12.1 Å². The van der Waals surface area contributed by atoms with Crippen LogP contribution >= 0.6 is 23.8 Å². The van der Waals surface area contributed by atoms with Crippen molar-refractivity contribution < 1.29 is 13.2 Å². The lowest BCUT2D eigenvalue weighted by Crippen LogP contribution is -2.09. The zero-order valence-electron chi connectivity index (χ0n) is 7.60. The van der Waals surface area contributed by atoms with E-state index in [9.17, 15) is 13.2 Å². The second-order valence-electron chi connectivity index (χ2n) is 2.76. The Morgan fingerprint density at radius 2 is 2.06 bits per heavy atom. The minimum Gasteiger partial charge on any atom is -0.338 e. The average Bonchev–Trinajstić information content (AvgIpc) is 2.19. The molecule has 0 fully saturated rings. The number of nitrogens with zero attached hydrogens (tertiary/aromatic N) is 1. The SMILES string of the molecule is N#CC(=S)Nc1ccc(Cl)c(C(F)(F)F)c1. The topological polar surface area (TPSA) is 35.8 Å². The number of thiocarbonyl (C=S) groups is 1. The molecule has 0 unspecified atom stereocenters. The van der Waals surface area contributed by atoms with Crippen molar-refractivity contribution in [1.82, 2.24) is 0 Å². The number of anilines is 1. The van der Waals surface area contributed by atoms with Crippen molar-refractivity contribution in [2.75, 3.05) is 5.32 Å². The molecule has 0 atom stereocenters. The fourth-order valence-electron chi connectivity index (χ4n) is 0.979. The van der Waals surface area contributed by atoms with E-state index in [4.69, 9.17) is 16.9 Å². The minimum absolute atomic E-state index is 0.0725. The van der Waals surface area contributed by atoms with Crippen molar-refractivity contribution in [3.63, 3.8) is 0 Å². The Labute approximate surface area is 99.6 Å². The Balaban J connectivity index is 3.09. The maximum absolute atomic E-state index is 12.4. The van der Waals surface area contributed by atoms with Gasteiger partial charge in [-0.1, -0.05) is 11.6 Å². The molecule has 0 heterocycles. The summed E-state index contributed by atoms with van der Waals surface area (Å²) in [7, 11) is 0. The van der Waals surface area contributed by atoms with Crippen LogP contribution in [0, 0.1) is 11.3 Å². The highest BCUT2D eigenvalue weighted by molar-refractivity contribution is 7.81. The van der Waals surface area contributed by atoms with E-state index in [2.05, 4.69) is 17.5 Å². The van der Waals surface area contributed by atoms with E-state index >= 15 is 0 Å². The molecule has 0 radical (unpaired) electrons. The number of rotatable bonds is 1. The van der Waals surface area contributed by atoms with Crippen LogP contribution in [0.4, 0.5) is 18.9 Å². The highest BCUT2D eigenvalue weighted by Gasteiger charge is 2.33. The summed E-state index contributed by atoms with van der Waals surface area (Å²) in [6.45, 7) is 0. The molecule has 0 aliphatic rings. The molecule has 0 amide bonds. The van der Waals surface area contributed by atoms with Gasteiger partial charge in [-0.15, -0.1) is 0 Å². The van der Waals surface area contributed by atoms with Gasteiger partial charge in [0.1, 0.15) is 6.07 Å². The molecule has 0 saturated carbocycles. The highest BCUT2D eigenvalue weighted by Crippen LogP contribution is 2.36. The number of hydrogen-bond donors (Lipinski definition) is 1. The summed E-state index contributed by atoms with van der Waals surface area (Å²) in [5.41, 5.74) is -0.900. The number of benzene rings is 1. The van der Waals surface area contributed by atoms with Crippen LogP contribution < -0.4 is 5.32 Å². The van der Waals surface area contributed by atoms with Crippen LogP contribution in [-0.2, 0) is 6.18 Å². The summed E-state index contributed by atoms with van der Waals surface area (Å²) < 4.78 is 37.3. The van der Waals surface area contributed by atoms with Crippen molar-refractivity contribution >= 4 is 34.5 Å². The van der Waals surface area contributed by atoms with Crippen LogP contribution in [0.3, 0.4) is 0 Å². The third kappa shape index (κ3) is 3.08. The summed E-state index contributed by atoms with van der Waals surface area (Å²) >= 11 is 9.93. The molecular formula is C9H4ClF3N2S. The molecule has 0 saturated heterocycles. The van der Waals surface area contributed by atoms with Gasteiger partial charge in [0.15, 0.2) is 4.99 Å². The van der Waals surface area contributed by atoms with E-state index in [1.165, 1.54) is 6.07 Å². The summed E-state index contributed by atoms with van der Waals surface area (Å²) in [5.74, 6) is 0. The molecular weight excluding hydrogens is 261 g/mol. The smallest absolute Gasteiger partial charge is 0.338 e. The van der Waals surface area contributed by atoms with Gasteiger partial charge in [0.05, 0.1) is 10.6 Å². The number of nitriles is 1. The molecule has 84 valence electrons. The standard InChI is InChI=1S/C9H4ClF3N2S/c10-7-2-1-5(15-8(16)4-14)3-6(7)9(11,12)13/h1-3H,(H,15,16). The van der Waals surface area contributed by atoms with Crippen LogP contribution in [0.2, 0.25) is 5.02 Å². The van der Waals surface area contributed by atoms with Crippen molar-refractivity contribution in [1.29, 1.82) is 5.26 Å². The first kappa shape index (κ1) is 12.7. The Morgan fingerprint density at radius 1 is 1.44 bits per heavy atom. The first-order chi connectivity index (χ1) is 7.34. The molecule has 1 aromatic rings. The largest absolute Gasteiger partial charge is 0.417 e. The van der Waals surface area contributed by atoms with E-state index in [1.54, 1.807) is 6.07 Å². The van der Waals surface area contributed by atoms with Gasteiger partial charge in [-0.2, -0.15) is 18.4 Å². The van der Waals surface area contributed by atoms with Crippen molar-refractivity contribution in [3.05, 3.63) is 28.8 Å². The lowest BCUT2D eigenvalue weighted by molar-refractivity contribution is -0.137. The molecule has 2 nitrogen and oxygen atoms in total. The van der Waals surface area contributed by atoms with Gasteiger partial charge in [-0.3, -0.25) is 0 Å². The third-order valence-corrected chi connectivity index (χ3v) is 2.15. The monoisotopic (exact) mass is 264 g/mol. The molecule has 0 aliphatic carbocycles. The molecule has 16 heavy (non-hydrogen) atoms. The Morgan fingerprint density at radius 3 is 2.56 bits per heavy atom. The van der Waals surface area contributed by atoms with E-state index in [1.807, 2.05) is 0 Å². The zero-order chi connectivity index (χ0) is 12.3. The highest BCUT2D eigenvalue weighted by atomic mass is 35.5. The van der Waals surface area contributed by atoms with Crippen molar-refractivity contribution in [2.24, 2.45) is 0 Å².